The summed E-state index contributed by atoms with van der Waals surface area (Å²) < 4.78 is 0. The summed E-state index contributed by atoms with van der Waals surface area (Å²) in [5.41, 5.74) is 13.3. The number of fused-ring (bicyclic) bond motifs is 12. The van der Waals surface area contributed by atoms with Crippen molar-refractivity contribution in [3.63, 3.8) is 0 Å². The molecule has 0 fully saturated rings. The monoisotopic (exact) mass is 928 g/mol. The fourth-order valence-corrected chi connectivity index (χ4v) is 10.9. The Hall–Kier alpha value is -9.50. The average Bonchev–Trinajstić information content (AvgIpc) is 3.47. The van der Waals surface area contributed by atoms with Crippen LogP contribution in [0.3, 0.4) is 0 Å². The predicted molar refractivity (Wildman–Crippen MR) is 314 cm³/mol. The molecule has 0 heterocycles. The van der Waals surface area contributed by atoms with Crippen LogP contribution in [0.4, 0.5) is 0 Å². The molecular weight excluding hydrogens is 881 g/mol. The van der Waals surface area contributed by atoms with E-state index in [1.54, 1.807) is 0 Å². The van der Waals surface area contributed by atoms with E-state index < -0.39 is 0 Å². The molecule has 0 N–H and O–H groups in total. The third-order valence-electron chi connectivity index (χ3n) is 14.6. The molecule has 0 bridgehead atoms. The van der Waals surface area contributed by atoms with E-state index in [9.17, 15) is 0 Å². The quantitative estimate of drug-likeness (QED) is 0.0824. The first-order valence-electron chi connectivity index (χ1n) is 25.0. The molecule has 0 saturated heterocycles. The highest BCUT2D eigenvalue weighted by atomic mass is 14.9. The second kappa shape index (κ2) is 18.4. The molecule has 0 aliphatic heterocycles. The van der Waals surface area contributed by atoms with Crippen molar-refractivity contribution in [1.82, 2.24) is 0 Å². The van der Waals surface area contributed by atoms with Crippen LogP contribution in [0.2, 0.25) is 0 Å². The zero-order valence-electron chi connectivity index (χ0n) is 40.4. The molecule has 0 saturated carbocycles. The predicted octanol–water partition coefficient (Wildman–Crippen LogP) is 19.2. The zero-order valence-corrected chi connectivity index (χ0v) is 40.4. The Kier molecular flexibility index (Phi) is 10.9. The lowest BCUT2D eigenvalue weighted by atomic mass is 9.89. The number of hydrogen-bond donors (Lipinski definition) is 0. The Bertz CT molecular complexity index is 4110. The Labute approximate surface area is 425 Å². The molecule has 0 spiro atoms. The Morgan fingerprint density at radius 1 is 0.247 bits per heavy atom. The number of hydrogen-bond acceptors (Lipinski definition) is 1. The topological polar surface area (TPSA) is 24.7 Å². The summed E-state index contributed by atoms with van der Waals surface area (Å²) in [6.07, 6.45) is 0. The minimum Gasteiger partial charge on any atom is -0.233 e. The van der Waals surface area contributed by atoms with E-state index in [-0.39, 0.29) is 0 Å². The maximum atomic E-state index is 5.48. The zero-order chi connectivity index (χ0) is 48.8. The van der Waals surface area contributed by atoms with Gasteiger partial charge in [-0.3, -0.25) is 0 Å². The molecule has 13 aromatic rings. The minimum atomic E-state index is 0.583. The van der Waals surface area contributed by atoms with Gasteiger partial charge in [0.1, 0.15) is 0 Å². The first kappa shape index (κ1) is 43.5. The highest BCUT2D eigenvalue weighted by Gasteiger charge is 2.17. The van der Waals surface area contributed by atoms with Gasteiger partial charge in [-0.1, -0.05) is 237 Å². The van der Waals surface area contributed by atoms with Crippen molar-refractivity contribution in [3.8, 4) is 44.5 Å². The molecular formula is C71H48N2. The highest BCUT2D eigenvalue weighted by Crippen LogP contribution is 2.41. The number of benzene rings is 13. The molecule has 13 aromatic carbocycles. The number of nitrogens with zero attached hydrogens (tertiary/aromatic N) is 2. The van der Waals surface area contributed by atoms with E-state index in [1.807, 2.05) is 6.07 Å². The van der Waals surface area contributed by atoms with Crippen molar-refractivity contribution in [2.24, 2.45) is 9.98 Å². The molecule has 2 heteroatoms. The summed E-state index contributed by atoms with van der Waals surface area (Å²) in [6, 6.07) is 94.0. The largest absolute Gasteiger partial charge is 0.233 e. The van der Waals surface area contributed by atoms with Gasteiger partial charge in [0.15, 0.2) is 5.84 Å². The van der Waals surface area contributed by atoms with E-state index in [0.29, 0.717) is 11.5 Å². The van der Waals surface area contributed by atoms with Crippen LogP contribution >= 0.6 is 0 Å². The summed E-state index contributed by atoms with van der Waals surface area (Å²) in [5, 5.41) is 14.9. The van der Waals surface area contributed by atoms with Gasteiger partial charge in [-0.2, -0.15) is 0 Å². The van der Waals surface area contributed by atoms with Crippen LogP contribution in [0.1, 0.15) is 23.6 Å². The van der Waals surface area contributed by atoms with Crippen molar-refractivity contribution in [1.29, 1.82) is 0 Å². The molecule has 0 amide bonds. The summed E-state index contributed by atoms with van der Waals surface area (Å²) in [6.45, 7) is 6.67. The van der Waals surface area contributed by atoms with Crippen LogP contribution in [-0.4, -0.2) is 11.5 Å². The van der Waals surface area contributed by atoms with E-state index in [1.165, 1.54) is 70.2 Å². The normalized spacial score (nSPS) is 12.1. The molecule has 0 aliphatic rings. The second-order valence-corrected chi connectivity index (χ2v) is 19.0. The van der Waals surface area contributed by atoms with Crippen molar-refractivity contribution in [2.45, 2.75) is 6.92 Å². The van der Waals surface area contributed by atoms with Crippen molar-refractivity contribution in [3.05, 3.63) is 284 Å². The minimum absolute atomic E-state index is 0.583. The van der Waals surface area contributed by atoms with Crippen LogP contribution in [0, 0.1) is 0 Å². The average molecular weight is 929 g/mol. The Balaban J connectivity index is 1.03. The molecule has 0 unspecified atom stereocenters. The lowest BCUT2D eigenvalue weighted by Gasteiger charge is -2.16. The summed E-state index contributed by atoms with van der Waals surface area (Å²) in [7, 11) is 0. The Morgan fingerprint density at radius 3 is 0.959 bits per heavy atom. The summed E-state index contributed by atoms with van der Waals surface area (Å²) >= 11 is 0. The third kappa shape index (κ3) is 8.06. The van der Waals surface area contributed by atoms with Gasteiger partial charge in [0.05, 0.1) is 5.70 Å². The first-order valence-corrected chi connectivity index (χ1v) is 25.0. The number of rotatable bonds is 8. The molecule has 0 radical (unpaired) electrons. The van der Waals surface area contributed by atoms with Crippen molar-refractivity contribution >= 4 is 81.9 Å². The highest BCUT2D eigenvalue weighted by molar-refractivity contribution is 6.27. The fourth-order valence-electron chi connectivity index (χ4n) is 10.9. The lowest BCUT2D eigenvalue weighted by Crippen LogP contribution is -2.05. The standard InChI is InChI=1S/C71H48N2/c1-46(48-29-33-52(34-30-48)50-17-5-3-6-18-50)72-71(73-47(2)49-31-35-53(36-32-49)51-19-7-4-8-20-51)58-42-56(54-37-39-67-63-25-11-9-21-59(63)61-23-13-15-27-65(61)69(67)44-54)41-57(43-58)55-38-40-68-64-26-12-10-22-60(64)62-24-14-16-28-66(62)70(68)45-55/h3-45H,1H2,2H3/b72-71-,73-47+. The number of amidine groups is 1. The second-order valence-electron chi connectivity index (χ2n) is 19.0. The third-order valence-corrected chi connectivity index (χ3v) is 14.6. The van der Waals surface area contributed by atoms with Gasteiger partial charge in [-0.15, -0.1) is 0 Å². The van der Waals surface area contributed by atoms with Gasteiger partial charge in [0.2, 0.25) is 0 Å². The smallest absolute Gasteiger partial charge is 0.160 e. The van der Waals surface area contributed by atoms with Gasteiger partial charge in [0, 0.05) is 11.3 Å². The fraction of sp³-hybridized carbons (Fsp3) is 0.0141. The van der Waals surface area contributed by atoms with Gasteiger partial charge in [-0.05, 0) is 158 Å². The van der Waals surface area contributed by atoms with E-state index in [0.717, 1.165) is 61.3 Å². The van der Waals surface area contributed by atoms with Crippen LogP contribution in [-0.2, 0) is 0 Å². The SMILES string of the molecule is C=C(/N=C(\N=C(/C)c1ccc(-c2ccccc2)cc1)c1cc(-c2ccc3c4ccccc4c4ccccc4c3c2)cc(-c2ccc3c4ccccc4c4ccccc4c3c2)c1)c1ccc(-c2ccccc2)cc1. The van der Waals surface area contributed by atoms with Crippen LogP contribution in [0.5, 0.6) is 0 Å². The van der Waals surface area contributed by atoms with Crippen molar-refractivity contribution < 1.29 is 0 Å². The van der Waals surface area contributed by atoms with Gasteiger partial charge >= 0.3 is 0 Å². The Morgan fingerprint density at radius 2 is 0.562 bits per heavy atom. The molecule has 0 atom stereocenters. The van der Waals surface area contributed by atoms with Crippen LogP contribution < -0.4 is 0 Å². The summed E-state index contributed by atoms with van der Waals surface area (Å²) in [5.74, 6) is 0.583. The van der Waals surface area contributed by atoms with E-state index >= 15 is 0 Å². The molecule has 13 rings (SSSR count). The number of aliphatic imine (C=N–C) groups is 2. The molecule has 0 aromatic heterocycles. The van der Waals surface area contributed by atoms with Gasteiger partial charge in [-0.25, -0.2) is 9.98 Å². The molecule has 73 heavy (non-hydrogen) atoms. The van der Waals surface area contributed by atoms with Crippen LogP contribution in [0.25, 0.3) is 115 Å². The molecule has 0 aliphatic carbocycles. The van der Waals surface area contributed by atoms with Gasteiger partial charge < -0.3 is 0 Å². The van der Waals surface area contributed by atoms with Gasteiger partial charge in [0.25, 0.3) is 0 Å². The lowest BCUT2D eigenvalue weighted by molar-refractivity contribution is 1.44. The first-order chi connectivity index (χ1) is 36.0. The molecule has 2 nitrogen and oxygen atoms in total. The maximum Gasteiger partial charge on any atom is 0.160 e. The summed E-state index contributed by atoms with van der Waals surface area (Å²) in [4.78, 5) is 10.9. The van der Waals surface area contributed by atoms with Crippen molar-refractivity contribution in [2.75, 3.05) is 0 Å². The van der Waals surface area contributed by atoms with E-state index in [4.69, 9.17) is 9.98 Å². The maximum absolute atomic E-state index is 5.48. The van der Waals surface area contributed by atoms with E-state index in [2.05, 4.69) is 268 Å². The van der Waals surface area contributed by atoms with Crippen LogP contribution in [0.15, 0.2) is 277 Å². The molecule has 342 valence electrons.